The van der Waals surface area contributed by atoms with Crippen LogP contribution in [0.15, 0.2) is 16.6 Å². The Bertz CT molecular complexity index is 583. The van der Waals surface area contributed by atoms with Crippen LogP contribution >= 0.6 is 15.9 Å². The van der Waals surface area contributed by atoms with Crippen molar-refractivity contribution < 1.29 is 19.4 Å². The van der Waals surface area contributed by atoms with Crippen molar-refractivity contribution in [1.29, 1.82) is 0 Å². The number of carboxylic acids is 1. The van der Waals surface area contributed by atoms with Crippen LogP contribution in [0.1, 0.15) is 18.4 Å². The highest BCUT2D eigenvalue weighted by Gasteiger charge is 2.27. The summed E-state index contributed by atoms with van der Waals surface area (Å²) in [5.74, 6) is -0.550. The number of carboxylic acid groups (broad SMARTS) is 1. The van der Waals surface area contributed by atoms with Crippen LogP contribution in [0.3, 0.4) is 0 Å². The van der Waals surface area contributed by atoms with Gasteiger partial charge in [0.1, 0.15) is 5.75 Å². The summed E-state index contributed by atoms with van der Waals surface area (Å²) in [5, 5.41) is 11.8. The largest absolute Gasteiger partial charge is 0.495 e. The van der Waals surface area contributed by atoms with Gasteiger partial charge < -0.3 is 20.1 Å². The smallest absolute Gasteiger partial charge is 0.321 e. The van der Waals surface area contributed by atoms with Gasteiger partial charge in [0.25, 0.3) is 0 Å². The molecule has 2 rings (SSSR count). The fourth-order valence-corrected chi connectivity index (χ4v) is 2.79. The number of ether oxygens (including phenoxy) is 1. The Balaban J connectivity index is 2.04. The second-order valence-electron chi connectivity index (χ2n) is 5.33. The number of aryl methyl sites for hydroxylation is 1. The average molecular weight is 371 g/mol. The number of hydrogen-bond acceptors (Lipinski definition) is 3. The summed E-state index contributed by atoms with van der Waals surface area (Å²) in [7, 11) is 1.55. The number of hydrogen-bond donors (Lipinski definition) is 2. The Labute approximate surface area is 137 Å². The number of nitrogens with one attached hydrogen (secondary N) is 1. The minimum atomic E-state index is -0.788. The van der Waals surface area contributed by atoms with E-state index in [0.717, 1.165) is 10.0 Å². The number of methoxy groups -OCH3 is 1. The zero-order chi connectivity index (χ0) is 16.3. The number of piperidine rings is 1. The second kappa shape index (κ2) is 7.00. The SMILES string of the molecule is COc1cc(C)c(Br)cc1NC(=O)N1CCC(C(=O)O)CC1. The molecule has 2 amide bonds. The quantitative estimate of drug-likeness (QED) is 0.856. The van der Waals surface area contributed by atoms with Crippen molar-refractivity contribution in [3.05, 3.63) is 22.2 Å². The number of anilines is 1. The fourth-order valence-electron chi connectivity index (χ4n) is 2.45. The number of urea groups is 1. The van der Waals surface area contributed by atoms with Crippen molar-refractivity contribution in [2.75, 3.05) is 25.5 Å². The lowest BCUT2D eigenvalue weighted by atomic mass is 9.97. The van der Waals surface area contributed by atoms with Crippen LogP contribution < -0.4 is 10.1 Å². The molecule has 22 heavy (non-hydrogen) atoms. The van der Waals surface area contributed by atoms with Crippen LogP contribution in [-0.4, -0.2) is 42.2 Å². The van der Waals surface area contributed by atoms with E-state index < -0.39 is 5.97 Å². The monoisotopic (exact) mass is 370 g/mol. The minimum Gasteiger partial charge on any atom is -0.495 e. The maximum absolute atomic E-state index is 12.3. The first-order valence-corrected chi connectivity index (χ1v) is 7.84. The molecule has 1 aromatic rings. The van der Waals surface area contributed by atoms with Crippen LogP contribution in [-0.2, 0) is 4.79 Å². The Hall–Kier alpha value is -1.76. The van der Waals surface area contributed by atoms with Crippen LogP contribution in [0, 0.1) is 12.8 Å². The Morgan fingerprint density at radius 3 is 2.55 bits per heavy atom. The predicted molar refractivity (Wildman–Crippen MR) is 86.4 cm³/mol. The summed E-state index contributed by atoms with van der Waals surface area (Å²) in [6.45, 7) is 2.82. The van der Waals surface area contributed by atoms with Gasteiger partial charge in [-0.05, 0) is 37.5 Å². The maximum Gasteiger partial charge on any atom is 0.321 e. The van der Waals surface area contributed by atoms with Gasteiger partial charge >= 0.3 is 12.0 Å². The van der Waals surface area contributed by atoms with Gasteiger partial charge in [-0.15, -0.1) is 0 Å². The van der Waals surface area contributed by atoms with Gasteiger partial charge in [0.05, 0.1) is 18.7 Å². The first kappa shape index (κ1) is 16.6. The van der Waals surface area contributed by atoms with Gasteiger partial charge in [-0.25, -0.2) is 4.79 Å². The van der Waals surface area contributed by atoms with Crippen LogP contribution in [0.4, 0.5) is 10.5 Å². The van der Waals surface area contributed by atoms with Gasteiger partial charge in [-0.3, -0.25) is 4.79 Å². The van der Waals surface area contributed by atoms with E-state index in [2.05, 4.69) is 21.2 Å². The lowest BCUT2D eigenvalue weighted by molar-refractivity contribution is -0.143. The third-order valence-electron chi connectivity index (χ3n) is 3.85. The van der Waals surface area contributed by atoms with Gasteiger partial charge in [0.15, 0.2) is 0 Å². The molecule has 0 bridgehead atoms. The summed E-state index contributed by atoms with van der Waals surface area (Å²) in [4.78, 5) is 24.9. The van der Waals surface area contributed by atoms with Crippen LogP contribution in [0.2, 0.25) is 0 Å². The number of amides is 2. The zero-order valence-electron chi connectivity index (χ0n) is 12.6. The van der Waals surface area contributed by atoms with Crippen molar-refractivity contribution in [1.82, 2.24) is 4.90 Å². The van der Waals surface area contributed by atoms with E-state index in [1.807, 2.05) is 13.0 Å². The highest BCUT2D eigenvalue weighted by Crippen LogP contribution is 2.31. The molecule has 0 saturated carbocycles. The first-order chi connectivity index (χ1) is 10.4. The molecule has 0 atom stereocenters. The summed E-state index contributed by atoms with van der Waals surface area (Å²) in [5.41, 5.74) is 1.60. The maximum atomic E-state index is 12.3. The summed E-state index contributed by atoms with van der Waals surface area (Å²) in [6.07, 6.45) is 0.967. The number of rotatable bonds is 3. The van der Waals surface area contributed by atoms with E-state index in [1.54, 1.807) is 18.1 Å². The number of halogens is 1. The van der Waals surface area contributed by atoms with E-state index in [0.29, 0.717) is 37.4 Å². The average Bonchev–Trinajstić information content (AvgIpc) is 2.50. The van der Waals surface area contributed by atoms with E-state index in [4.69, 9.17) is 9.84 Å². The van der Waals surface area contributed by atoms with Crippen molar-refractivity contribution in [2.45, 2.75) is 19.8 Å². The van der Waals surface area contributed by atoms with Gasteiger partial charge in [-0.2, -0.15) is 0 Å². The third-order valence-corrected chi connectivity index (χ3v) is 4.71. The molecule has 0 aliphatic carbocycles. The predicted octanol–water partition coefficient (Wildman–Crippen LogP) is 3.09. The molecule has 1 heterocycles. The fraction of sp³-hybridized carbons (Fsp3) is 0.467. The van der Waals surface area contributed by atoms with Crippen LogP contribution in [0.5, 0.6) is 5.75 Å². The van der Waals surface area contributed by atoms with Gasteiger partial charge in [-0.1, -0.05) is 15.9 Å². The number of likely N-dealkylation sites (tertiary alicyclic amines) is 1. The molecule has 1 aromatic carbocycles. The molecule has 0 unspecified atom stereocenters. The second-order valence-corrected chi connectivity index (χ2v) is 6.19. The molecule has 1 aliphatic rings. The lowest BCUT2D eigenvalue weighted by Crippen LogP contribution is -2.42. The van der Waals surface area contributed by atoms with Gasteiger partial charge in [0, 0.05) is 17.6 Å². The molecule has 1 aliphatic heterocycles. The summed E-state index contributed by atoms with van der Waals surface area (Å²) in [6, 6.07) is 3.41. The van der Waals surface area contributed by atoms with Crippen molar-refractivity contribution >= 4 is 33.6 Å². The molecule has 0 radical (unpaired) electrons. The molecule has 7 heteroatoms. The standard InChI is InChI=1S/C15H19BrN2O4/c1-9-7-13(22-2)12(8-11(9)16)17-15(21)18-5-3-10(4-6-18)14(19)20/h7-8,10H,3-6H2,1-2H3,(H,17,21)(H,19,20). The number of carbonyl (C=O) groups is 2. The highest BCUT2D eigenvalue weighted by molar-refractivity contribution is 9.10. The zero-order valence-corrected chi connectivity index (χ0v) is 14.1. The molecule has 0 spiro atoms. The highest BCUT2D eigenvalue weighted by atomic mass is 79.9. The molecular weight excluding hydrogens is 352 g/mol. The van der Waals surface area contributed by atoms with E-state index in [-0.39, 0.29) is 11.9 Å². The van der Waals surface area contributed by atoms with E-state index in [9.17, 15) is 9.59 Å². The van der Waals surface area contributed by atoms with Gasteiger partial charge in [0.2, 0.25) is 0 Å². The van der Waals surface area contributed by atoms with Crippen molar-refractivity contribution in [2.24, 2.45) is 5.92 Å². The normalized spacial score (nSPS) is 15.5. The molecule has 120 valence electrons. The number of aliphatic carboxylic acids is 1. The molecule has 1 saturated heterocycles. The number of carbonyl (C=O) groups excluding carboxylic acids is 1. The molecular formula is C15H19BrN2O4. The van der Waals surface area contributed by atoms with Crippen molar-refractivity contribution in [3.63, 3.8) is 0 Å². The Kier molecular flexibility index (Phi) is 5.28. The topological polar surface area (TPSA) is 78.9 Å². The van der Waals surface area contributed by atoms with Crippen LogP contribution in [0.25, 0.3) is 0 Å². The molecule has 2 N–H and O–H groups in total. The lowest BCUT2D eigenvalue weighted by Gasteiger charge is -2.30. The molecule has 6 nitrogen and oxygen atoms in total. The molecule has 1 fully saturated rings. The summed E-state index contributed by atoms with van der Waals surface area (Å²) < 4.78 is 6.17. The molecule has 0 aromatic heterocycles. The van der Waals surface area contributed by atoms with Crippen molar-refractivity contribution in [3.8, 4) is 5.75 Å². The first-order valence-electron chi connectivity index (χ1n) is 7.05. The third kappa shape index (κ3) is 3.71. The number of benzene rings is 1. The minimum absolute atomic E-state index is 0.238. The van der Waals surface area contributed by atoms with E-state index >= 15 is 0 Å². The Morgan fingerprint density at radius 2 is 2.00 bits per heavy atom. The van der Waals surface area contributed by atoms with E-state index in [1.165, 1.54) is 0 Å². The summed E-state index contributed by atoms with van der Waals surface area (Å²) >= 11 is 3.43. The number of nitrogens with zero attached hydrogens (tertiary/aromatic N) is 1. The Morgan fingerprint density at radius 1 is 1.36 bits per heavy atom.